The molecule has 3 heteroatoms. The number of ketones is 1. The molecule has 0 aromatic heterocycles. The van der Waals surface area contributed by atoms with Crippen LogP contribution in [0.2, 0.25) is 0 Å². The fraction of sp³-hybridized carbons (Fsp3) is 0.136. The minimum Gasteiger partial charge on any atom is -0.378 e. The third kappa shape index (κ3) is 4.54. The molecule has 1 atom stereocenters. The molecule has 0 aliphatic heterocycles. The number of Topliss-reactive ketones (excluding diaryl/α,β-unsaturated/α-hetero) is 1. The molecule has 3 aromatic carbocycles. The van der Waals surface area contributed by atoms with Gasteiger partial charge in [0.1, 0.15) is 5.82 Å². The fourth-order valence-electron chi connectivity index (χ4n) is 2.81. The number of hydrogen-bond donors (Lipinski definition) is 1. The number of aryl methyl sites for hydroxylation is 1. The summed E-state index contributed by atoms with van der Waals surface area (Å²) in [5.41, 5.74) is 3.64. The van der Waals surface area contributed by atoms with Crippen molar-refractivity contribution in [2.75, 3.05) is 5.32 Å². The lowest BCUT2D eigenvalue weighted by molar-refractivity contribution is 0.0976. The Kier molecular flexibility index (Phi) is 5.24. The van der Waals surface area contributed by atoms with E-state index in [2.05, 4.69) is 5.32 Å². The molecule has 1 N–H and O–H groups in total. The molecule has 2 nitrogen and oxygen atoms in total. The van der Waals surface area contributed by atoms with Gasteiger partial charge in [0, 0.05) is 17.7 Å². The monoisotopic (exact) mass is 333 g/mol. The normalized spacial score (nSPS) is 11.8. The Morgan fingerprint density at radius 3 is 2.36 bits per heavy atom. The molecule has 0 amide bonds. The van der Waals surface area contributed by atoms with E-state index in [0.717, 1.165) is 16.8 Å². The molecule has 25 heavy (non-hydrogen) atoms. The van der Waals surface area contributed by atoms with Crippen LogP contribution < -0.4 is 5.32 Å². The number of nitrogens with one attached hydrogen (secondary N) is 1. The molecule has 0 saturated carbocycles. The number of benzene rings is 3. The van der Waals surface area contributed by atoms with Crippen molar-refractivity contribution in [1.82, 2.24) is 0 Å². The van der Waals surface area contributed by atoms with E-state index in [0.29, 0.717) is 12.0 Å². The lowest BCUT2D eigenvalue weighted by Gasteiger charge is -2.20. The Morgan fingerprint density at radius 2 is 1.68 bits per heavy atom. The standard InChI is InChI=1S/C22H20FNO/c1-16-6-5-9-20(14-16)24-21(17-10-12-19(23)13-11-17)15-22(25)18-7-3-2-4-8-18/h2-14,21,24H,15H2,1H3. The molecule has 0 aliphatic rings. The Balaban J connectivity index is 1.86. The maximum atomic E-state index is 13.3. The SMILES string of the molecule is Cc1cccc(NC(CC(=O)c2ccccc2)c2ccc(F)cc2)c1. The van der Waals surface area contributed by atoms with Gasteiger partial charge in [0.05, 0.1) is 6.04 Å². The van der Waals surface area contributed by atoms with E-state index in [1.54, 1.807) is 12.1 Å². The van der Waals surface area contributed by atoms with Crippen LogP contribution in [0, 0.1) is 12.7 Å². The predicted octanol–water partition coefficient (Wildman–Crippen LogP) is 5.56. The summed E-state index contributed by atoms with van der Waals surface area (Å²) in [6, 6.07) is 23.3. The van der Waals surface area contributed by atoms with Crippen LogP contribution in [0.25, 0.3) is 0 Å². The van der Waals surface area contributed by atoms with E-state index in [1.807, 2.05) is 61.5 Å². The molecular formula is C22H20FNO. The van der Waals surface area contributed by atoms with Crippen LogP contribution in [-0.4, -0.2) is 5.78 Å². The Morgan fingerprint density at radius 1 is 0.960 bits per heavy atom. The minimum atomic E-state index is -0.285. The van der Waals surface area contributed by atoms with Crippen molar-refractivity contribution in [3.8, 4) is 0 Å². The molecule has 0 aliphatic carbocycles. The summed E-state index contributed by atoms with van der Waals surface area (Å²) < 4.78 is 13.3. The van der Waals surface area contributed by atoms with Crippen LogP contribution in [0.1, 0.15) is 33.9 Å². The van der Waals surface area contributed by atoms with E-state index >= 15 is 0 Å². The predicted molar refractivity (Wildman–Crippen MR) is 99.3 cm³/mol. The number of carbonyl (C=O) groups is 1. The van der Waals surface area contributed by atoms with Gasteiger partial charge in [-0.1, -0.05) is 54.6 Å². The molecule has 0 bridgehead atoms. The van der Waals surface area contributed by atoms with Crippen LogP contribution >= 0.6 is 0 Å². The minimum absolute atomic E-state index is 0.0510. The van der Waals surface area contributed by atoms with E-state index in [4.69, 9.17) is 0 Å². The van der Waals surface area contributed by atoms with Gasteiger partial charge in [0.2, 0.25) is 0 Å². The van der Waals surface area contributed by atoms with Gasteiger partial charge in [-0.3, -0.25) is 4.79 Å². The molecule has 0 heterocycles. The molecule has 0 radical (unpaired) electrons. The van der Waals surface area contributed by atoms with E-state index in [9.17, 15) is 9.18 Å². The highest BCUT2D eigenvalue weighted by atomic mass is 19.1. The van der Waals surface area contributed by atoms with E-state index in [-0.39, 0.29) is 17.6 Å². The van der Waals surface area contributed by atoms with Crippen molar-refractivity contribution in [3.05, 3.63) is 101 Å². The zero-order chi connectivity index (χ0) is 17.6. The molecule has 0 fully saturated rings. The highest BCUT2D eigenvalue weighted by molar-refractivity contribution is 5.96. The number of hydrogen-bond acceptors (Lipinski definition) is 2. The molecule has 126 valence electrons. The highest BCUT2D eigenvalue weighted by Crippen LogP contribution is 2.25. The third-order valence-electron chi connectivity index (χ3n) is 4.12. The molecule has 1 unspecified atom stereocenters. The molecular weight excluding hydrogens is 313 g/mol. The second-order valence-corrected chi connectivity index (χ2v) is 6.11. The maximum Gasteiger partial charge on any atom is 0.165 e. The van der Waals surface area contributed by atoms with Gasteiger partial charge >= 0.3 is 0 Å². The zero-order valence-electron chi connectivity index (χ0n) is 14.1. The quantitative estimate of drug-likeness (QED) is 0.598. The zero-order valence-corrected chi connectivity index (χ0v) is 14.1. The summed E-state index contributed by atoms with van der Waals surface area (Å²) in [7, 11) is 0. The first-order valence-electron chi connectivity index (χ1n) is 8.29. The van der Waals surface area contributed by atoms with Crippen LogP contribution in [0.3, 0.4) is 0 Å². The smallest absolute Gasteiger partial charge is 0.165 e. The molecule has 0 saturated heterocycles. The fourth-order valence-corrected chi connectivity index (χ4v) is 2.81. The third-order valence-corrected chi connectivity index (χ3v) is 4.12. The van der Waals surface area contributed by atoms with Crippen molar-refractivity contribution in [1.29, 1.82) is 0 Å². The number of rotatable bonds is 6. The van der Waals surface area contributed by atoms with Crippen LogP contribution in [0.5, 0.6) is 0 Å². The summed E-state index contributed by atoms with van der Waals surface area (Å²) >= 11 is 0. The topological polar surface area (TPSA) is 29.1 Å². The first-order valence-corrected chi connectivity index (χ1v) is 8.29. The van der Waals surface area contributed by atoms with Crippen LogP contribution in [-0.2, 0) is 0 Å². The van der Waals surface area contributed by atoms with Crippen molar-refractivity contribution >= 4 is 11.5 Å². The number of halogens is 1. The van der Waals surface area contributed by atoms with Crippen LogP contribution in [0.4, 0.5) is 10.1 Å². The first kappa shape index (κ1) is 16.9. The average Bonchev–Trinajstić information content (AvgIpc) is 2.62. The molecule has 3 aromatic rings. The molecule has 0 spiro atoms. The highest BCUT2D eigenvalue weighted by Gasteiger charge is 2.17. The Hall–Kier alpha value is -2.94. The van der Waals surface area contributed by atoms with Gasteiger partial charge in [-0.2, -0.15) is 0 Å². The summed E-state index contributed by atoms with van der Waals surface area (Å²) in [5, 5.41) is 3.41. The lowest BCUT2D eigenvalue weighted by atomic mass is 9.97. The average molecular weight is 333 g/mol. The summed E-state index contributed by atoms with van der Waals surface area (Å²) in [4.78, 5) is 12.6. The van der Waals surface area contributed by atoms with Crippen molar-refractivity contribution in [2.45, 2.75) is 19.4 Å². The van der Waals surface area contributed by atoms with E-state index in [1.165, 1.54) is 12.1 Å². The van der Waals surface area contributed by atoms with Gasteiger partial charge < -0.3 is 5.32 Å². The maximum absolute atomic E-state index is 13.3. The van der Waals surface area contributed by atoms with Gasteiger partial charge in [-0.15, -0.1) is 0 Å². The van der Waals surface area contributed by atoms with Crippen LogP contribution in [0.15, 0.2) is 78.9 Å². The Bertz CT molecular complexity index is 843. The lowest BCUT2D eigenvalue weighted by Crippen LogP contribution is -2.16. The summed E-state index contributed by atoms with van der Waals surface area (Å²) in [6.45, 7) is 2.02. The van der Waals surface area contributed by atoms with Crippen molar-refractivity contribution < 1.29 is 9.18 Å². The first-order chi connectivity index (χ1) is 12.1. The Labute approximate surface area is 147 Å². The number of anilines is 1. The van der Waals surface area contributed by atoms with Gasteiger partial charge in [0.15, 0.2) is 5.78 Å². The van der Waals surface area contributed by atoms with Gasteiger partial charge in [-0.05, 0) is 42.3 Å². The number of carbonyl (C=O) groups excluding carboxylic acids is 1. The van der Waals surface area contributed by atoms with Gasteiger partial charge in [-0.25, -0.2) is 4.39 Å². The van der Waals surface area contributed by atoms with Crippen molar-refractivity contribution in [3.63, 3.8) is 0 Å². The summed E-state index contributed by atoms with van der Waals surface area (Å²) in [5.74, 6) is -0.234. The second-order valence-electron chi connectivity index (χ2n) is 6.11. The van der Waals surface area contributed by atoms with Crippen molar-refractivity contribution in [2.24, 2.45) is 0 Å². The van der Waals surface area contributed by atoms with Gasteiger partial charge in [0.25, 0.3) is 0 Å². The second kappa shape index (κ2) is 7.75. The summed E-state index contributed by atoms with van der Waals surface area (Å²) in [6.07, 6.45) is 0.295. The van der Waals surface area contributed by atoms with E-state index < -0.39 is 0 Å². The largest absolute Gasteiger partial charge is 0.378 e. The molecule has 3 rings (SSSR count).